The summed E-state index contributed by atoms with van der Waals surface area (Å²) in [5, 5.41) is 8.74. The van der Waals surface area contributed by atoms with Gasteiger partial charge in [0.2, 0.25) is 0 Å². The van der Waals surface area contributed by atoms with Crippen LogP contribution in [-0.2, 0) is 4.74 Å². The highest BCUT2D eigenvalue weighted by Crippen LogP contribution is 2.23. The highest BCUT2D eigenvalue weighted by Gasteiger charge is 2.14. The Morgan fingerprint density at radius 1 is 1.33 bits per heavy atom. The number of benzene rings is 1. The van der Waals surface area contributed by atoms with Gasteiger partial charge in [-0.2, -0.15) is 5.26 Å². The second-order valence-electron chi connectivity index (χ2n) is 3.68. The van der Waals surface area contributed by atoms with Crippen LogP contribution in [0.3, 0.4) is 0 Å². The second kappa shape index (κ2) is 5.19. The summed E-state index contributed by atoms with van der Waals surface area (Å²) in [4.78, 5) is 14.6. The van der Waals surface area contributed by atoms with Crippen LogP contribution in [0, 0.1) is 11.3 Å². The fourth-order valence-corrected chi connectivity index (χ4v) is 1.71. The minimum Gasteiger partial charge on any atom is -0.461 e. The molecule has 90 valence electrons. The normalized spacial score (nSPS) is 9.78. The summed E-state index contributed by atoms with van der Waals surface area (Å²) in [7, 11) is 0. The van der Waals surface area contributed by atoms with E-state index < -0.39 is 0 Å². The maximum absolute atomic E-state index is 11.7. The van der Waals surface area contributed by atoms with E-state index in [9.17, 15) is 4.79 Å². The van der Waals surface area contributed by atoms with E-state index in [1.54, 1.807) is 25.3 Å². The van der Waals surface area contributed by atoms with Crippen LogP contribution in [0.1, 0.15) is 23.0 Å². The minimum absolute atomic E-state index is 0.338. The van der Waals surface area contributed by atoms with Gasteiger partial charge in [-0.1, -0.05) is 12.1 Å². The number of hydrogen-bond acceptors (Lipinski definition) is 3. The van der Waals surface area contributed by atoms with Crippen molar-refractivity contribution in [1.29, 1.82) is 5.26 Å². The van der Waals surface area contributed by atoms with Gasteiger partial charge in [0.25, 0.3) is 0 Å². The number of nitrogens with one attached hydrogen (secondary N) is 1. The second-order valence-corrected chi connectivity index (χ2v) is 3.68. The summed E-state index contributed by atoms with van der Waals surface area (Å²) < 4.78 is 4.97. The van der Waals surface area contributed by atoms with E-state index in [2.05, 4.69) is 11.1 Å². The third kappa shape index (κ3) is 2.25. The number of carbonyl (C=O) groups excluding carboxylic acids is 1. The van der Waals surface area contributed by atoms with Crippen LogP contribution >= 0.6 is 0 Å². The molecular weight excluding hydrogens is 228 g/mol. The lowest BCUT2D eigenvalue weighted by Gasteiger charge is -2.04. The van der Waals surface area contributed by atoms with Crippen LogP contribution < -0.4 is 0 Å². The number of aromatic amines is 1. The van der Waals surface area contributed by atoms with E-state index in [1.807, 2.05) is 18.2 Å². The molecule has 0 unspecified atom stereocenters. The van der Waals surface area contributed by atoms with Gasteiger partial charge in [-0.15, -0.1) is 0 Å². The van der Waals surface area contributed by atoms with Gasteiger partial charge in [0, 0.05) is 11.8 Å². The molecule has 0 saturated heterocycles. The summed E-state index contributed by atoms with van der Waals surface area (Å²) in [6.07, 6.45) is 1.69. The molecule has 1 heterocycles. The monoisotopic (exact) mass is 240 g/mol. The van der Waals surface area contributed by atoms with Gasteiger partial charge < -0.3 is 9.72 Å². The van der Waals surface area contributed by atoms with E-state index >= 15 is 0 Å². The van der Waals surface area contributed by atoms with Crippen LogP contribution in [0.15, 0.2) is 36.5 Å². The van der Waals surface area contributed by atoms with Crippen molar-refractivity contribution in [1.82, 2.24) is 4.98 Å². The SMILES string of the molecule is CCOC(=O)c1[nH]ccc1-c1ccc(C#N)cc1. The molecule has 2 rings (SSSR count). The number of rotatable bonds is 3. The molecule has 4 nitrogen and oxygen atoms in total. The number of H-pyrrole nitrogens is 1. The summed E-state index contributed by atoms with van der Waals surface area (Å²) in [6, 6.07) is 10.9. The topological polar surface area (TPSA) is 65.9 Å². The fraction of sp³-hybridized carbons (Fsp3) is 0.143. The number of esters is 1. The fourth-order valence-electron chi connectivity index (χ4n) is 1.71. The lowest BCUT2D eigenvalue weighted by Crippen LogP contribution is -2.06. The number of hydrogen-bond donors (Lipinski definition) is 1. The van der Waals surface area contributed by atoms with E-state index in [0.29, 0.717) is 17.9 Å². The molecule has 0 aliphatic heterocycles. The van der Waals surface area contributed by atoms with Crippen LogP contribution in [0.2, 0.25) is 0 Å². The molecule has 18 heavy (non-hydrogen) atoms. The van der Waals surface area contributed by atoms with E-state index in [-0.39, 0.29) is 5.97 Å². The Labute approximate surface area is 105 Å². The standard InChI is InChI=1S/C14H12N2O2/c1-2-18-14(17)13-12(7-8-16-13)11-5-3-10(9-15)4-6-11/h3-8,16H,2H2,1H3. The molecule has 0 atom stereocenters. The largest absolute Gasteiger partial charge is 0.461 e. The number of ether oxygens (including phenoxy) is 1. The molecule has 0 aliphatic carbocycles. The Morgan fingerprint density at radius 2 is 2.06 bits per heavy atom. The summed E-state index contributed by atoms with van der Waals surface area (Å²) in [5.74, 6) is -0.373. The lowest BCUT2D eigenvalue weighted by atomic mass is 10.0. The molecule has 1 aromatic carbocycles. The van der Waals surface area contributed by atoms with Crippen molar-refractivity contribution < 1.29 is 9.53 Å². The van der Waals surface area contributed by atoms with Gasteiger partial charge in [-0.05, 0) is 30.7 Å². The zero-order valence-corrected chi connectivity index (χ0v) is 9.93. The summed E-state index contributed by atoms with van der Waals surface area (Å²) in [5.41, 5.74) is 2.67. The Bertz CT molecular complexity index is 591. The van der Waals surface area contributed by atoms with Gasteiger partial charge in [0.15, 0.2) is 0 Å². The Balaban J connectivity index is 2.36. The number of carbonyl (C=O) groups is 1. The smallest absolute Gasteiger partial charge is 0.355 e. The van der Waals surface area contributed by atoms with Gasteiger partial charge in [0.1, 0.15) is 5.69 Å². The van der Waals surface area contributed by atoms with Gasteiger partial charge in [0.05, 0.1) is 18.2 Å². The maximum Gasteiger partial charge on any atom is 0.355 e. The molecule has 2 aromatic rings. The third-order valence-corrected chi connectivity index (χ3v) is 2.55. The van der Waals surface area contributed by atoms with Crippen molar-refractivity contribution in [2.45, 2.75) is 6.92 Å². The molecule has 0 amide bonds. The van der Waals surface area contributed by atoms with Crippen molar-refractivity contribution in [3.8, 4) is 17.2 Å². The first-order chi connectivity index (χ1) is 8.76. The number of aromatic nitrogens is 1. The molecule has 4 heteroatoms. The average molecular weight is 240 g/mol. The van der Waals surface area contributed by atoms with Crippen LogP contribution in [0.25, 0.3) is 11.1 Å². The Hall–Kier alpha value is -2.54. The first-order valence-electron chi connectivity index (χ1n) is 5.61. The van der Waals surface area contributed by atoms with Gasteiger partial charge >= 0.3 is 5.97 Å². The Kier molecular flexibility index (Phi) is 3.44. The molecule has 0 radical (unpaired) electrons. The summed E-state index contributed by atoms with van der Waals surface area (Å²) in [6.45, 7) is 2.10. The molecule has 0 aliphatic rings. The quantitative estimate of drug-likeness (QED) is 0.839. The van der Waals surface area contributed by atoms with E-state index in [0.717, 1.165) is 11.1 Å². The van der Waals surface area contributed by atoms with Crippen molar-refractivity contribution in [2.24, 2.45) is 0 Å². The first kappa shape index (κ1) is 11.9. The number of nitriles is 1. The Morgan fingerprint density at radius 3 is 2.67 bits per heavy atom. The minimum atomic E-state index is -0.373. The van der Waals surface area contributed by atoms with E-state index in [1.165, 1.54) is 0 Å². The highest BCUT2D eigenvalue weighted by atomic mass is 16.5. The maximum atomic E-state index is 11.7. The van der Waals surface area contributed by atoms with Gasteiger partial charge in [-0.3, -0.25) is 0 Å². The zero-order chi connectivity index (χ0) is 13.0. The van der Waals surface area contributed by atoms with Crippen LogP contribution in [0.5, 0.6) is 0 Å². The average Bonchev–Trinajstić information content (AvgIpc) is 2.88. The predicted molar refractivity (Wildman–Crippen MR) is 66.9 cm³/mol. The van der Waals surface area contributed by atoms with Crippen molar-refractivity contribution in [3.63, 3.8) is 0 Å². The van der Waals surface area contributed by atoms with Crippen molar-refractivity contribution >= 4 is 5.97 Å². The van der Waals surface area contributed by atoms with Gasteiger partial charge in [-0.25, -0.2) is 4.79 Å². The van der Waals surface area contributed by atoms with Crippen molar-refractivity contribution in [3.05, 3.63) is 47.8 Å². The number of nitrogens with zero attached hydrogens (tertiary/aromatic N) is 1. The predicted octanol–water partition coefficient (Wildman–Crippen LogP) is 2.73. The molecule has 0 saturated carbocycles. The van der Waals surface area contributed by atoms with E-state index in [4.69, 9.17) is 10.00 Å². The molecule has 1 aromatic heterocycles. The van der Waals surface area contributed by atoms with Crippen LogP contribution in [-0.4, -0.2) is 17.6 Å². The molecule has 0 fully saturated rings. The molecule has 0 bridgehead atoms. The molecular formula is C14H12N2O2. The molecule has 1 N–H and O–H groups in total. The lowest BCUT2D eigenvalue weighted by molar-refractivity contribution is 0.0521. The third-order valence-electron chi connectivity index (χ3n) is 2.55. The first-order valence-corrected chi connectivity index (χ1v) is 5.61. The highest BCUT2D eigenvalue weighted by molar-refractivity contribution is 5.95. The zero-order valence-electron chi connectivity index (χ0n) is 9.93. The summed E-state index contributed by atoms with van der Waals surface area (Å²) >= 11 is 0. The van der Waals surface area contributed by atoms with Crippen LogP contribution in [0.4, 0.5) is 0 Å². The molecule has 0 spiro atoms. The van der Waals surface area contributed by atoms with Crippen molar-refractivity contribution in [2.75, 3.05) is 6.61 Å².